The Balaban J connectivity index is 1.78. The quantitative estimate of drug-likeness (QED) is 0.751. The lowest BCUT2D eigenvalue weighted by molar-refractivity contribution is 0.0516. The molecule has 0 radical (unpaired) electrons. The number of aryl methyl sites for hydroxylation is 1. The summed E-state index contributed by atoms with van der Waals surface area (Å²) in [6.45, 7) is 5.62. The Hall–Kier alpha value is -0.910. The van der Waals surface area contributed by atoms with Gasteiger partial charge in [-0.2, -0.15) is 0 Å². The van der Waals surface area contributed by atoms with E-state index in [9.17, 15) is 4.79 Å². The van der Waals surface area contributed by atoms with Gasteiger partial charge in [0.25, 0.3) is 5.91 Å². The van der Waals surface area contributed by atoms with Crippen LogP contribution in [0.4, 0.5) is 0 Å². The summed E-state index contributed by atoms with van der Waals surface area (Å²) in [6, 6.07) is 2.00. The van der Waals surface area contributed by atoms with Crippen molar-refractivity contribution in [1.29, 1.82) is 0 Å². The molecule has 1 aliphatic heterocycles. The molecule has 0 saturated carbocycles. The minimum atomic E-state index is 0.173. The Kier molecular flexibility index (Phi) is 5.36. The Morgan fingerprint density at radius 1 is 1.53 bits per heavy atom. The van der Waals surface area contributed by atoms with E-state index in [4.69, 9.17) is 9.47 Å². The van der Waals surface area contributed by atoms with Crippen molar-refractivity contribution in [2.24, 2.45) is 5.92 Å². The Morgan fingerprint density at radius 3 is 3.05 bits per heavy atom. The van der Waals surface area contributed by atoms with E-state index in [0.717, 1.165) is 36.6 Å². The Bertz CT molecular complexity index is 419. The minimum absolute atomic E-state index is 0.173. The third-order valence-electron chi connectivity index (χ3n) is 3.41. The molecule has 1 aliphatic rings. The van der Waals surface area contributed by atoms with Gasteiger partial charge in [0.2, 0.25) is 0 Å². The van der Waals surface area contributed by atoms with Crippen LogP contribution >= 0.6 is 11.3 Å². The highest BCUT2D eigenvalue weighted by Crippen LogP contribution is 2.23. The van der Waals surface area contributed by atoms with Crippen LogP contribution < -0.4 is 0 Å². The van der Waals surface area contributed by atoms with Gasteiger partial charge >= 0.3 is 0 Å². The topological polar surface area (TPSA) is 38.8 Å². The third kappa shape index (κ3) is 3.78. The average Bonchev–Trinajstić information content (AvgIpc) is 3.03. The number of hydrogen-bond acceptors (Lipinski definition) is 4. The molecular formula is C14H21NO3S. The zero-order chi connectivity index (χ0) is 13.7. The molecule has 2 heterocycles. The minimum Gasteiger partial charge on any atom is -0.382 e. The van der Waals surface area contributed by atoms with Gasteiger partial charge in [0.15, 0.2) is 0 Å². The maximum atomic E-state index is 12.3. The summed E-state index contributed by atoms with van der Waals surface area (Å²) >= 11 is 1.53. The van der Waals surface area contributed by atoms with Crippen LogP contribution in [0.5, 0.6) is 0 Å². The highest BCUT2D eigenvalue weighted by Gasteiger charge is 2.28. The third-order valence-corrected chi connectivity index (χ3v) is 4.42. The number of ether oxygens (including phenoxy) is 2. The van der Waals surface area contributed by atoms with E-state index in [1.54, 1.807) is 7.11 Å². The lowest BCUT2D eigenvalue weighted by atomic mass is 10.1. The molecule has 5 heteroatoms. The zero-order valence-corrected chi connectivity index (χ0v) is 12.4. The highest BCUT2D eigenvalue weighted by atomic mass is 32.1. The normalized spacial score (nSPS) is 19.1. The molecule has 0 spiro atoms. The molecular weight excluding hydrogens is 262 g/mol. The number of rotatable bonds is 6. The fourth-order valence-electron chi connectivity index (χ4n) is 2.28. The van der Waals surface area contributed by atoms with Gasteiger partial charge in [-0.15, -0.1) is 11.3 Å². The number of likely N-dealkylation sites (tertiary alicyclic amines) is 1. The van der Waals surface area contributed by atoms with E-state index in [2.05, 4.69) is 0 Å². The number of thiophene rings is 1. The summed E-state index contributed by atoms with van der Waals surface area (Å²) in [6.07, 6.45) is 1.03. The molecule has 0 N–H and O–H groups in total. The van der Waals surface area contributed by atoms with Gasteiger partial charge in [-0.25, -0.2) is 0 Å². The fraction of sp³-hybridized carbons (Fsp3) is 0.643. The monoisotopic (exact) mass is 283 g/mol. The van der Waals surface area contributed by atoms with Gasteiger partial charge in [0.05, 0.1) is 24.7 Å². The number of carbonyl (C=O) groups excluding carboxylic acids is 1. The summed E-state index contributed by atoms with van der Waals surface area (Å²) < 4.78 is 10.5. The first kappa shape index (κ1) is 14.5. The molecule has 1 saturated heterocycles. The largest absolute Gasteiger partial charge is 0.382 e. The van der Waals surface area contributed by atoms with Gasteiger partial charge in [-0.05, 0) is 30.4 Å². The molecule has 1 atom stereocenters. The van der Waals surface area contributed by atoms with Gasteiger partial charge < -0.3 is 14.4 Å². The number of nitrogens with zero attached hydrogens (tertiary/aromatic N) is 1. The summed E-state index contributed by atoms with van der Waals surface area (Å²) in [5.41, 5.74) is 1.08. The Labute approximate surface area is 118 Å². The number of methoxy groups -OCH3 is 1. The van der Waals surface area contributed by atoms with Crippen molar-refractivity contribution in [2.75, 3.05) is 40.0 Å². The first-order chi connectivity index (χ1) is 9.22. The van der Waals surface area contributed by atoms with E-state index < -0.39 is 0 Å². The maximum absolute atomic E-state index is 12.3. The molecule has 19 heavy (non-hydrogen) atoms. The Morgan fingerprint density at radius 2 is 2.37 bits per heavy atom. The summed E-state index contributed by atoms with van der Waals surface area (Å²) in [5, 5.41) is 1.98. The second-order valence-corrected chi connectivity index (χ2v) is 5.82. The summed E-state index contributed by atoms with van der Waals surface area (Å²) in [7, 11) is 1.67. The van der Waals surface area contributed by atoms with E-state index in [1.165, 1.54) is 11.3 Å². The van der Waals surface area contributed by atoms with Crippen LogP contribution in [0, 0.1) is 12.8 Å². The molecule has 1 aromatic heterocycles. The molecule has 4 nitrogen and oxygen atoms in total. The molecule has 106 valence electrons. The van der Waals surface area contributed by atoms with E-state index in [1.807, 2.05) is 23.3 Å². The van der Waals surface area contributed by atoms with Gasteiger partial charge in [-0.3, -0.25) is 4.79 Å². The van der Waals surface area contributed by atoms with E-state index in [0.29, 0.717) is 19.1 Å². The first-order valence-corrected chi connectivity index (χ1v) is 7.50. The van der Waals surface area contributed by atoms with Crippen molar-refractivity contribution in [2.45, 2.75) is 13.3 Å². The molecule has 1 fully saturated rings. The number of amides is 1. The first-order valence-electron chi connectivity index (χ1n) is 6.62. The molecule has 0 aliphatic carbocycles. The van der Waals surface area contributed by atoms with Crippen LogP contribution in [-0.4, -0.2) is 50.8 Å². The SMILES string of the molecule is COCCOC[C@@H]1CCN(C(=O)c2sccc2C)C1. The van der Waals surface area contributed by atoms with Crippen LogP contribution in [0.25, 0.3) is 0 Å². The van der Waals surface area contributed by atoms with Gasteiger partial charge in [0.1, 0.15) is 0 Å². The summed E-state index contributed by atoms with van der Waals surface area (Å²) in [4.78, 5) is 15.1. The standard InChI is InChI=1S/C14H21NO3S/c1-11-4-8-19-13(11)14(16)15-5-3-12(9-15)10-18-7-6-17-2/h4,8,12H,3,5-7,9-10H2,1-2H3/t12-/m1/s1. The van der Waals surface area contributed by atoms with Crippen molar-refractivity contribution < 1.29 is 14.3 Å². The van der Waals surface area contributed by atoms with Crippen molar-refractivity contribution in [3.05, 3.63) is 21.9 Å². The second-order valence-electron chi connectivity index (χ2n) is 4.91. The molecule has 0 bridgehead atoms. The van der Waals surface area contributed by atoms with Crippen LogP contribution in [-0.2, 0) is 9.47 Å². The lowest BCUT2D eigenvalue weighted by Gasteiger charge is -2.16. The van der Waals surface area contributed by atoms with Crippen molar-refractivity contribution in [3.8, 4) is 0 Å². The van der Waals surface area contributed by atoms with Crippen LogP contribution in [0.2, 0.25) is 0 Å². The van der Waals surface area contributed by atoms with Crippen molar-refractivity contribution >= 4 is 17.2 Å². The smallest absolute Gasteiger partial charge is 0.264 e. The predicted octanol–water partition coefficient (Wildman–Crippen LogP) is 2.18. The number of hydrogen-bond donors (Lipinski definition) is 0. The van der Waals surface area contributed by atoms with Crippen LogP contribution in [0.15, 0.2) is 11.4 Å². The van der Waals surface area contributed by atoms with Gasteiger partial charge in [0, 0.05) is 26.1 Å². The van der Waals surface area contributed by atoms with E-state index >= 15 is 0 Å². The maximum Gasteiger partial charge on any atom is 0.264 e. The second kappa shape index (κ2) is 7.03. The van der Waals surface area contributed by atoms with Crippen LogP contribution in [0.1, 0.15) is 21.7 Å². The van der Waals surface area contributed by atoms with Crippen molar-refractivity contribution in [3.63, 3.8) is 0 Å². The molecule has 0 unspecified atom stereocenters. The fourth-order valence-corrected chi connectivity index (χ4v) is 3.17. The molecule has 0 aromatic carbocycles. The zero-order valence-electron chi connectivity index (χ0n) is 11.6. The van der Waals surface area contributed by atoms with Gasteiger partial charge in [-0.1, -0.05) is 0 Å². The van der Waals surface area contributed by atoms with Crippen LogP contribution in [0.3, 0.4) is 0 Å². The lowest BCUT2D eigenvalue weighted by Crippen LogP contribution is -2.29. The highest BCUT2D eigenvalue weighted by molar-refractivity contribution is 7.12. The molecule has 1 aromatic rings. The predicted molar refractivity (Wildman–Crippen MR) is 75.8 cm³/mol. The van der Waals surface area contributed by atoms with E-state index in [-0.39, 0.29) is 5.91 Å². The average molecular weight is 283 g/mol. The molecule has 1 amide bonds. The van der Waals surface area contributed by atoms with Crippen molar-refractivity contribution in [1.82, 2.24) is 4.90 Å². The molecule has 2 rings (SSSR count). The summed E-state index contributed by atoms with van der Waals surface area (Å²) in [5.74, 6) is 0.632. The number of carbonyl (C=O) groups is 1.